The van der Waals surface area contributed by atoms with Crippen molar-refractivity contribution in [1.29, 1.82) is 0 Å². The maximum absolute atomic E-state index is 5.40. The molecule has 0 aliphatic rings. The summed E-state index contributed by atoms with van der Waals surface area (Å²) in [5.41, 5.74) is 1.88. The number of hydrogen-bond donors (Lipinski definition) is 1. The molecule has 1 unspecified atom stereocenters. The van der Waals surface area contributed by atoms with Crippen LogP contribution in [0.1, 0.15) is 31.3 Å². The average molecular weight is 209 g/mol. The van der Waals surface area contributed by atoms with E-state index in [1.54, 1.807) is 6.20 Å². The zero-order chi connectivity index (χ0) is 11.1. The van der Waals surface area contributed by atoms with Gasteiger partial charge in [-0.3, -0.25) is 9.97 Å². The molecular formula is C11H19N3O. The van der Waals surface area contributed by atoms with Gasteiger partial charge in [0.15, 0.2) is 0 Å². The Kier molecular flexibility index (Phi) is 5.21. The first-order valence-corrected chi connectivity index (χ1v) is 5.37. The summed E-state index contributed by atoms with van der Waals surface area (Å²) in [5.74, 6) is 0. The molecule has 0 fully saturated rings. The predicted molar refractivity (Wildman–Crippen MR) is 59.7 cm³/mol. The van der Waals surface area contributed by atoms with Gasteiger partial charge in [0.1, 0.15) is 0 Å². The Morgan fingerprint density at radius 3 is 2.67 bits per heavy atom. The van der Waals surface area contributed by atoms with Gasteiger partial charge < -0.3 is 10.1 Å². The molecule has 1 rings (SSSR count). The highest BCUT2D eigenvalue weighted by molar-refractivity contribution is 5.05. The first-order chi connectivity index (χ1) is 7.27. The molecule has 84 valence electrons. The summed E-state index contributed by atoms with van der Waals surface area (Å²) in [6.45, 7) is 8.25. The first-order valence-electron chi connectivity index (χ1n) is 5.37. The SMILES string of the molecule is CCNC(COCC)c1cnc(C)cn1. The van der Waals surface area contributed by atoms with Gasteiger partial charge in [-0.2, -0.15) is 0 Å². The minimum absolute atomic E-state index is 0.142. The number of likely N-dealkylation sites (N-methyl/N-ethyl adjacent to an activating group) is 1. The van der Waals surface area contributed by atoms with Crippen LogP contribution in [0, 0.1) is 6.92 Å². The van der Waals surface area contributed by atoms with Crippen LogP contribution >= 0.6 is 0 Å². The predicted octanol–water partition coefficient (Wildman–Crippen LogP) is 1.47. The van der Waals surface area contributed by atoms with Crippen LogP contribution in [0.4, 0.5) is 0 Å². The van der Waals surface area contributed by atoms with Crippen molar-refractivity contribution in [3.8, 4) is 0 Å². The van der Waals surface area contributed by atoms with Crippen LogP contribution in [-0.2, 0) is 4.74 Å². The van der Waals surface area contributed by atoms with E-state index >= 15 is 0 Å². The van der Waals surface area contributed by atoms with E-state index in [1.165, 1.54) is 0 Å². The number of ether oxygens (including phenoxy) is 1. The van der Waals surface area contributed by atoms with Crippen LogP contribution in [0.15, 0.2) is 12.4 Å². The zero-order valence-corrected chi connectivity index (χ0v) is 9.66. The fourth-order valence-corrected chi connectivity index (χ4v) is 1.31. The summed E-state index contributed by atoms with van der Waals surface area (Å²) in [7, 11) is 0. The highest BCUT2D eigenvalue weighted by Crippen LogP contribution is 2.09. The summed E-state index contributed by atoms with van der Waals surface area (Å²) in [5, 5.41) is 3.33. The smallest absolute Gasteiger partial charge is 0.0779 e. The summed E-state index contributed by atoms with van der Waals surface area (Å²) >= 11 is 0. The third-order valence-electron chi connectivity index (χ3n) is 2.10. The van der Waals surface area contributed by atoms with Gasteiger partial charge in [0.05, 0.1) is 30.2 Å². The number of nitrogens with one attached hydrogen (secondary N) is 1. The van der Waals surface area contributed by atoms with Crippen molar-refractivity contribution in [2.45, 2.75) is 26.8 Å². The van der Waals surface area contributed by atoms with E-state index in [4.69, 9.17) is 4.74 Å². The lowest BCUT2D eigenvalue weighted by Crippen LogP contribution is -2.26. The van der Waals surface area contributed by atoms with E-state index in [9.17, 15) is 0 Å². The molecule has 0 saturated heterocycles. The van der Waals surface area contributed by atoms with Crippen molar-refractivity contribution in [2.75, 3.05) is 19.8 Å². The average Bonchev–Trinajstić information content (AvgIpc) is 2.25. The minimum atomic E-state index is 0.142. The molecule has 0 aliphatic carbocycles. The topological polar surface area (TPSA) is 47.0 Å². The number of rotatable bonds is 6. The molecule has 1 aromatic rings. The van der Waals surface area contributed by atoms with Gasteiger partial charge in [0.2, 0.25) is 0 Å². The lowest BCUT2D eigenvalue weighted by atomic mass is 10.2. The standard InChI is InChI=1S/C11H19N3O/c1-4-12-11(8-15-5-2)10-7-13-9(3)6-14-10/h6-7,11-12H,4-5,8H2,1-3H3. The second-order valence-corrected chi connectivity index (χ2v) is 3.35. The molecule has 1 atom stereocenters. The first kappa shape index (κ1) is 12.1. The second kappa shape index (κ2) is 6.48. The quantitative estimate of drug-likeness (QED) is 0.770. The molecule has 0 amide bonds. The van der Waals surface area contributed by atoms with Crippen LogP contribution in [0.5, 0.6) is 0 Å². The summed E-state index contributed by atoms with van der Waals surface area (Å²) in [6.07, 6.45) is 3.59. The van der Waals surface area contributed by atoms with Gasteiger partial charge in [-0.05, 0) is 20.4 Å². The van der Waals surface area contributed by atoms with Gasteiger partial charge in [0.25, 0.3) is 0 Å². The Morgan fingerprint density at radius 1 is 1.33 bits per heavy atom. The summed E-state index contributed by atoms with van der Waals surface area (Å²) in [4.78, 5) is 8.58. The van der Waals surface area contributed by atoms with Gasteiger partial charge in [-0.1, -0.05) is 6.92 Å². The molecule has 4 heteroatoms. The molecule has 0 bridgehead atoms. The van der Waals surface area contributed by atoms with Crippen molar-refractivity contribution in [3.05, 3.63) is 23.8 Å². The fourth-order valence-electron chi connectivity index (χ4n) is 1.31. The van der Waals surface area contributed by atoms with Crippen LogP contribution in [0.2, 0.25) is 0 Å². The van der Waals surface area contributed by atoms with E-state index < -0.39 is 0 Å². The van der Waals surface area contributed by atoms with Gasteiger partial charge >= 0.3 is 0 Å². The lowest BCUT2D eigenvalue weighted by Gasteiger charge is -2.16. The van der Waals surface area contributed by atoms with Gasteiger partial charge in [-0.15, -0.1) is 0 Å². The second-order valence-electron chi connectivity index (χ2n) is 3.35. The van der Waals surface area contributed by atoms with E-state index in [2.05, 4.69) is 22.2 Å². The van der Waals surface area contributed by atoms with Crippen LogP contribution < -0.4 is 5.32 Å². The summed E-state index contributed by atoms with van der Waals surface area (Å²) < 4.78 is 5.40. The molecule has 1 N–H and O–H groups in total. The number of aromatic nitrogens is 2. The van der Waals surface area contributed by atoms with E-state index in [0.717, 1.165) is 24.5 Å². The Labute approximate surface area is 91.1 Å². The lowest BCUT2D eigenvalue weighted by molar-refractivity contribution is 0.122. The highest BCUT2D eigenvalue weighted by atomic mass is 16.5. The van der Waals surface area contributed by atoms with Crippen LogP contribution in [0.25, 0.3) is 0 Å². The summed E-state index contributed by atoms with van der Waals surface area (Å²) in [6, 6.07) is 0.142. The normalized spacial score (nSPS) is 12.7. The largest absolute Gasteiger partial charge is 0.380 e. The number of aryl methyl sites for hydroxylation is 1. The van der Waals surface area contributed by atoms with Crippen molar-refractivity contribution < 1.29 is 4.74 Å². The minimum Gasteiger partial charge on any atom is -0.380 e. The third kappa shape index (κ3) is 3.93. The van der Waals surface area contributed by atoms with Crippen LogP contribution in [-0.4, -0.2) is 29.7 Å². The molecule has 0 saturated carbocycles. The fraction of sp³-hybridized carbons (Fsp3) is 0.636. The molecule has 0 aromatic carbocycles. The Hall–Kier alpha value is -1.00. The van der Waals surface area contributed by atoms with E-state index in [1.807, 2.05) is 20.0 Å². The number of nitrogens with zero attached hydrogens (tertiary/aromatic N) is 2. The van der Waals surface area contributed by atoms with Gasteiger partial charge in [0, 0.05) is 12.8 Å². The molecule has 0 spiro atoms. The van der Waals surface area contributed by atoms with Crippen molar-refractivity contribution in [3.63, 3.8) is 0 Å². The Morgan fingerprint density at radius 2 is 2.13 bits per heavy atom. The van der Waals surface area contributed by atoms with Crippen molar-refractivity contribution in [1.82, 2.24) is 15.3 Å². The molecule has 1 heterocycles. The van der Waals surface area contributed by atoms with E-state index in [-0.39, 0.29) is 6.04 Å². The third-order valence-corrected chi connectivity index (χ3v) is 2.10. The molecular weight excluding hydrogens is 190 g/mol. The van der Waals surface area contributed by atoms with E-state index in [0.29, 0.717) is 6.61 Å². The molecule has 1 aromatic heterocycles. The van der Waals surface area contributed by atoms with Crippen molar-refractivity contribution in [2.24, 2.45) is 0 Å². The van der Waals surface area contributed by atoms with Gasteiger partial charge in [-0.25, -0.2) is 0 Å². The molecule has 0 aliphatic heterocycles. The highest BCUT2D eigenvalue weighted by Gasteiger charge is 2.11. The molecule has 0 radical (unpaired) electrons. The molecule has 4 nitrogen and oxygen atoms in total. The maximum atomic E-state index is 5.40. The zero-order valence-electron chi connectivity index (χ0n) is 9.66. The molecule has 15 heavy (non-hydrogen) atoms. The van der Waals surface area contributed by atoms with Crippen LogP contribution in [0.3, 0.4) is 0 Å². The number of hydrogen-bond acceptors (Lipinski definition) is 4. The Balaban J connectivity index is 2.65. The Bertz CT molecular complexity index is 274. The monoisotopic (exact) mass is 209 g/mol. The van der Waals surface area contributed by atoms with Crippen molar-refractivity contribution >= 4 is 0 Å². The maximum Gasteiger partial charge on any atom is 0.0779 e.